The van der Waals surface area contributed by atoms with Crippen LogP contribution >= 0.6 is 11.8 Å². The fraction of sp³-hybridized carbons (Fsp3) is 0.583. The summed E-state index contributed by atoms with van der Waals surface area (Å²) in [4.78, 5) is 4.32. The minimum atomic E-state index is 0.380. The third-order valence-corrected chi connectivity index (χ3v) is 4.50. The lowest BCUT2D eigenvalue weighted by Crippen LogP contribution is -2.28. The maximum absolute atomic E-state index is 4.32. The van der Waals surface area contributed by atoms with E-state index in [1.807, 2.05) is 18.5 Å². The summed E-state index contributed by atoms with van der Waals surface area (Å²) in [6.45, 7) is 7.88. The fourth-order valence-electron chi connectivity index (χ4n) is 2.01. The molecule has 1 N–H and O–H groups in total. The zero-order valence-electron chi connectivity index (χ0n) is 9.78. The van der Waals surface area contributed by atoms with Crippen LogP contribution < -0.4 is 5.32 Å². The van der Waals surface area contributed by atoms with Crippen molar-refractivity contribution >= 4 is 17.7 Å². The number of anilines is 1. The average molecular weight is 237 g/mol. The Kier molecular flexibility index (Phi) is 3.59. The van der Waals surface area contributed by atoms with Crippen LogP contribution in [-0.4, -0.2) is 26.6 Å². The first kappa shape index (κ1) is 11.6. The van der Waals surface area contributed by atoms with E-state index >= 15 is 0 Å². The Balaban J connectivity index is 1.93. The highest BCUT2D eigenvalue weighted by molar-refractivity contribution is 8.00. The number of imidazole rings is 1. The Bertz CT molecular complexity index is 353. The van der Waals surface area contributed by atoms with E-state index < -0.39 is 0 Å². The number of rotatable bonds is 5. The molecule has 1 saturated heterocycles. The van der Waals surface area contributed by atoms with Crippen molar-refractivity contribution in [2.75, 3.05) is 17.6 Å². The van der Waals surface area contributed by atoms with Gasteiger partial charge in [0.2, 0.25) is 5.95 Å². The molecule has 88 valence electrons. The summed E-state index contributed by atoms with van der Waals surface area (Å²) in [5.41, 5.74) is 0. The molecule has 0 aromatic carbocycles. The third kappa shape index (κ3) is 2.61. The zero-order valence-corrected chi connectivity index (χ0v) is 10.6. The smallest absolute Gasteiger partial charge is 0.203 e. The number of thioether (sulfide) groups is 1. The van der Waals surface area contributed by atoms with Gasteiger partial charge in [-0.2, -0.15) is 11.8 Å². The lowest BCUT2D eigenvalue weighted by molar-refractivity contribution is 0.629. The molecule has 16 heavy (non-hydrogen) atoms. The van der Waals surface area contributed by atoms with E-state index in [9.17, 15) is 0 Å². The van der Waals surface area contributed by atoms with Crippen LogP contribution in [0.2, 0.25) is 0 Å². The molecule has 1 unspecified atom stereocenters. The normalized spacial score (nSPS) is 24.6. The molecule has 1 atom stereocenters. The van der Waals surface area contributed by atoms with E-state index in [-0.39, 0.29) is 0 Å². The number of allylic oxidation sites excluding steroid dienone is 1. The maximum Gasteiger partial charge on any atom is 0.203 e. The Hall–Kier alpha value is -0.900. The van der Waals surface area contributed by atoms with Gasteiger partial charge >= 0.3 is 0 Å². The van der Waals surface area contributed by atoms with E-state index in [0.717, 1.165) is 19.0 Å². The number of hydrogen-bond donors (Lipinski definition) is 1. The largest absolute Gasteiger partial charge is 0.354 e. The monoisotopic (exact) mass is 237 g/mol. The number of hydrogen-bond acceptors (Lipinski definition) is 3. The summed E-state index contributed by atoms with van der Waals surface area (Å²) in [5.74, 6) is 2.24. The van der Waals surface area contributed by atoms with Crippen LogP contribution in [0, 0.1) is 0 Å². The van der Waals surface area contributed by atoms with Gasteiger partial charge in [0.25, 0.3) is 0 Å². The molecule has 0 radical (unpaired) electrons. The van der Waals surface area contributed by atoms with Crippen molar-refractivity contribution in [3.05, 3.63) is 25.0 Å². The van der Waals surface area contributed by atoms with Gasteiger partial charge in [-0.1, -0.05) is 6.08 Å². The van der Waals surface area contributed by atoms with Crippen molar-refractivity contribution in [3.8, 4) is 0 Å². The van der Waals surface area contributed by atoms with E-state index in [0.29, 0.717) is 4.75 Å². The molecule has 2 rings (SSSR count). The van der Waals surface area contributed by atoms with Crippen LogP contribution in [0.4, 0.5) is 5.95 Å². The van der Waals surface area contributed by atoms with Crippen molar-refractivity contribution < 1.29 is 0 Å². The highest BCUT2D eigenvalue weighted by atomic mass is 32.2. The van der Waals surface area contributed by atoms with Crippen LogP contribution in [-0.2, 0) is 6.54 Å². The summed E-state index contributed by atoms with van der Waals surface area (Å²) in [6, 6.07) is 0. The predicted molar refractivity (Wildman–Crippen MR) is 71.0 cm³/mol. The van der Waals surface area contributed by atoms with Crippen LogP contribution in [0.3, 0.4) is 0 Å². The van der Waals surface area contributed by atoms with Crippen LogP contribution in [0.1, 0.15) is 19.8 Å². The van der Waals surface area contributed by atoms with Gasteiger partial charge in [0.1, 0.15) is 0 Å². The van der Waals surface area contributed by atoms with Gasteiger partial charge in [-0.05, 0) is 25.5 Å². The number of aromatic nitrogens is 2. The average Bonchev–Trinajstić information content (AvgIpc) is 2.86. The molecule has 1 aliphatic rings. The van der Waals surface area contributed by atoms with Crippen molar-refractivity contribution in [1.29, 1.82) is 0 Å². The van der Waals surface area contributed by atoms with Crippen molar-refractivity contribution in [1.82, 2.24) is 9.55 Å². The summed E-state index contributed by atoms with van der Waals surface area (Å²) in [5, 5.41) is 3.44. The molecule has 2 heterocycles. The lowest BCUT2D eigenvalue weighted by Gasteiger charge is -2.23. The molecule has 0 spiro atoms. The van der Waals surface area contributed by atoms with E-state index in [1.165, 1.54) is 18.6 Å². The van der Waals surface area contributed by atoms with E-state index in [1.54, 1.807) is 0 Å². The second-order valence-electron chi connectivity index (χ2n) is 4.45. The molecule has 0 amide bonds. The van der Waals surface area contributed by atoms with Gasteiger partial charge < -0.3 is 9.88 Å². The highest BCUT2D eigenvalue weighted by Crippen LogP contribution is 2.37. The van der Waals surface area contributed by atoms with Crippen molar-refractivity contribution in [2.24, 2.45) is 0 Å². The fourth-order valence-corrected chi connectivity index (χ4v) is 3.25. The summed E-state index contributed by atoms with van der Waals surface area (Å²) < 4.78 is 2.46. The van der Waals surface area contributed by atoms with Crippen LogP contribution in [0.15, 0.2) is 25.0 Å². The van der Waals surface area contributed by atoms with Gasteiger partial charge in [-0.25, -0.2) is 4.98 Å². The molecule has 1 aliphatic heterocycles. The SMILES string of the molecule is C=CCn1ccnc1NCC1(C)CCCS1. The Morgan fingerprint density at radius 1 is 1.75 bits per heavy atom. The molecule has 1 aromatic rings. The highest BCUT2D eigenvalue weighted by Gasteiger charge is 2.29. The molecule has 0 bridgehead atoms. The van der Waals surface area contributed by atoms with Gasteiger partial charge in [0.05, 0.1) is 0 Å². The molecular weight excluding hydrogens is 218 g/mol. The molecule has 1 aromatic heterocycles. The molecule has 4 heteroatoms. The van der Waals surface area contributed by atoms with Crippen LogP contribution in [0.5, 0.6) is 0 Å². The second-order valence-corrected chi connectivity index (χ2v) is 6.13. The zero-order chi connectivity index (χ0) is 11.4. The molecule has 0 aliphatic carbocycles. The number of nitrogens with one attached hydrogen (secondary N) is 1. The second kappa shape index (κ2) is 4.95. The maximum atomic E-state index is 4.32. The first-order valence-electron chi connectivity index (χ1n) is 5.73. The van der Waals surface area contributed by atoms with Gasteiger partial charge in [-0.3, -0.25) is 0 Å². The summed E-state index contributed by atoms with van der Waals surface area (Å²) in [6.07, 6.45) is 8.33. The summed E-state index contributed by atoms with van der Waals surface area (Å²) >= 11 is 2.07. The standard InChI is InChI=1S/C12H19N3S/c1-3-7-15-8-6-13-11(15)14-10-12(2)5-4-9-16-12/h3,6,8H,1,4-5,7,9-10H2,2H3,(H,13,14). The topological polar surface area (TPSA) is 29.9 Å². The first-order chi connectivity index (χ1) is 7.73. The van der Waals surface area contributed by atoms with Gasteiger partial charge in [0, 0.05) is 30.2 Å². The van der Waals surface area contributed by atoms with E-state index in [2.05, 4.69) is 40.1 Å². The first-order valence-corrected chi connectivity index (χ1v) is 6.72. The quantitative estimate of drug-likeness (QED) is 0.799. The van der Waals surface area contributed by atoms with E-state index in [4.69, 9.17) is 0 Å². The Morgan fingerprint density at radius 2 is 2.62 bits per heavy atom. The predicted octanol–water partition coefficient (Wildman–Crippen LogP) is 2.77. The Labute approximate surface area is 101 Å². The summed E-state index contributed by atoms with van der Waals surface area (Å²) in [7, 11) is 0. The number of nitrogens with zero attached hydrogens (tertiary/aromatic N) is 2. The molecule has 3 nitrogen and oxygen atoms in total. The molecule has 0 saturated carbocycles. The minimum Gasteiger partial charge on any atom is -0.354 e. The molecule has 1 fully saturated rings. The Morgan fingerprint density at radius 3 is 3.31 bits per heavy atom. The molecular formula is C12H19N3S. The lowest BCUT2D eigenvalue weighted by atomic mass is 10.1. The van der Waals surface area contributed by atoms with Gasteiger partial charge in [0.15, 0.2) is 0 Å². The van der Waals surface area contributed by atoms with Crippen molar-refractivity contribution in [3.63, 3.8) is 0 Å². The van der Waals surface area contributed by atoms with Gasteiger partial charge in [-0.15, -0.1) is 6.58 Å². The third-order valence-electron chi connectivity index (χ3n) is 2.96. The van der Waals surface area contributed by atoms with Crippen molar-refractivity contribution in [2.45, 2.75) is 31.1 Å². The minimum absolute atomic E-state index is 0.380. The van der Waals surface area contributed by atoms with Crippen LogP contribution in [0.25, 0.3) is 0 Å².